The Hall–Kier alpha value is -2.71. The minimum Gasteiger partial charge on any atom is -0.429 e. The van der Waals surface area contributed by atoms with Gasteiger partial charge in [-0.2, -0.15) is 8.78 Å². The van der Waals surface area contributed by atoms with Crippen molar-refractivity contribution in [1.29, 1.82) is 0 Å². The molecule has 0 bridgehead atoms. The van der Waals surface area contributed by atoms with Gasteiger partial charge >= 0.3 is 6.61 Å². The van der Waals surface area contributed by atoms with Crippen LogP contribution in [0.4, 0.5) is 22.0 Å². The van der Waals surface area contributed by atoms with Gasteiger partial charge in [0.05, 0.1) is 13.2 Å². The molecule has 1 saturated heterocycles. The van der Waals surface area contributed by atoms with E-state index in [0.29, 0.717) is 35.5 Å². The van der Waals surface area contributed by atoms with Gasteiger partial charge in [-0.3, -0.25) is 0 Å². The normalized spacial score (nSPS) is 18.8. The minimum atomic E-state index is -3.34. The minimum absolute atomic E-state index is 0.117. The van der Waals surface area contributed by atoms with Crippen LogP contribution in [0.15, 0.2) is 42.5 Å². The van der Waals surface area contributed by atoms with Crippen LogP contribution in [-0.4, -0.2) is 19.8 Å². The van der Waals surface area contributed by atoms with Crippen LogP contribution in [0.1, 0.15) is 36.3 Å². The summed E-state index contributed by atoms with van der Waals surface area (Å²) in [6, 6.07) is 10.5. The van der Waals surface area contributed by atoms with E-state index < -0.39 is 36.1 Å². The number of fused-ring (bicyclic) bond motifs is 1. The lowest BCUT2D eigenvalue weighted by molar-refractivity contribution is -0.205. The smallest absolute Gasteiger partial charge is 0.387 e. The number of alkyl halides is 2. The molecule has 0 spiro atoms. The molecule has 0 aromatic heterocycles. The summed E-state index contributed by atoms with van der Waals surface area (Å²) in [5.74, 6) is -3.63. The summed E-state index contributed by atoms with van der Waals surface area (Å²) in [5, 5.41) is 1.10. The molecule has 1 aliphatic heterocycles. The van der Waals surface area contributed by atoms with Crippen LogP contribution in [0.25, 0.3) is 10.8 Å². The highest BCUT2D eigenvalue weighted by atomic mass is 19.3. The number of ether oxygens (including phenoxy) is 3. The highest BCUT2D eigenvalue weighted by Crippen LogP contribution is 2.31. The van der Waals surface area contributed by atoms with Gasteiger partial charge in [-0.05, 0) is 54.0 Å². The van der Waals surface area contributed by atoms with Crippen LogP contribution in [0.2, 0.25) is 0 Å². The van der Waals surface area contributed by atoms with Crippen LogP contribution in [-0.2, 0) is 22.3 Å². The van der Waals surface area contributed by atoms with Gasteiger partial charge in [0.1, 0.15) is 5.82 Å². The monoisotopic (exact) mass is 466 g/mol. The number of benzene rings is 3. The van der Waals surface area contributed by atoms with Crippen LogP contribution < -0.4 is 4.74 Å². The number of rotatable bonds is 7. The van der Waals surface area contributed by atoms with Crippen molar-refractivity contribution in [3.05, 3.63) is 76.6 Å². The quantitative estimate of drug-likeness (QED) is 0.362. The predicted molar refractivity (Wildman–Crippen MR) is 113 cm³/mol. The van der Waals surface area contributed by atoms with E-state index in [1.807, 2.05) is 6.07 Å². The molecule has 3 aromatic rings. The van der Waals surface area contributed by atoms with Gasteiger partial charge in [0.2, 0.25) is 0 Å². The summed E-state index contributed by atoms with van der Waals surface area (Å²) in [6.45, 7) is -0.0271. The Morgan fingerprint density at radius 1 is 0.939 bits per heavy atom. The lowest BCUT2D eigenvalue weighted by Gasteiger charge is -2.29. The second kappa shape index (κ2) is 10.1. The number of aryl methyl sites for hydroxylation is 2. The zero-order chi connectivity index (χ0) is 23.5. The number of hydrogen-bond acceptors (Lipinski definition) is 3. The molecular formula is C25H23F5O3. The lowest BCUT2D eigenvalue weighted by Crippen LogP contribution is -2.26. The van der Waals surface area contributed by atoms with Crippen molar-refractivity contribution in [3.8, 4) is 5.75 Å². The summed E-state index contributed by atoms with van der Waals surface area (Å²) in [7, 11) is 0. The van der Waals surface area contributed by atoms with Crippen LogP contribution in [0.3, 0.4) is 0 Å². The highest BCUT2D eigenvalue weighted by Gasteiger charge is 2.23. The Balaban J connectivity index is 1.48. The van der Waals surface area contributed by atoms with Crippen molar-refractivity contribution in [2.24, 2.45) is 5.92 Å². The third-order valence-electron chi connectivity index (χ3n) is 5.82. The van der Waals surface area contributed by atoms with Gasteiger partial charge in [0.25, 0.3) is 0 Å². The van der Waals surface area contributed by atoms with E-state index in [1.54, 1.807) is 24.3 Å². The number of hydrogen-bond donors (Lipinski definition) is 0. The molecule has 8 heteroatoms. The zero-order valence-corrected chi connectivity index (χ0v) is 17.9. The molecule has 0 amide bonds. The van der Waals surface area contributed by atoms with E-state index in [0.717, 1.165) is 24.1 Å². The average molecular weight is 466 g/mol. The van der Waals surface area contributed by atoms with Gasteiger partial charge in [-0.1, -0.05) is 31.2 Å². The molecule has 1 heterocycles. The van der Waals surface area contributed by atoms with Gasteiger partial charge in [0, 0.05) is 16.9 Å². The molecule has 0 N–H and O–H groups in total. The summed E-state index contributed by atoms with van der Waals surface area (Å²) >= 11 is 0. The summed E-state index contributed by atoms with van der Waals surface area (Å²) in [5.41, 5.74) is 1.39. The summed E-state index contributed by atoms with van der Waals surface area (Å²) in [4.78, 5) is 0. The fourth-order valence-electron chi connectivity index (χ4n) is 3.90. The predicted octanol–water partition coefficient (Wildman–Crippen LogP) is 6.72. The molecule has 0 unspecified atom stereocenters. The molecule has 3 nitrogen and oxygen atoms in total. The van der Waals surface area contributed by atoms with Gasteiger partial charge < -0.3 is 14.2 Å². The third-order valence-corrected chi connectivity index (χ3v) is 5.82. The van der Waals surface area contributed by atoms with Crippen molar-refractivity contribution in [2.45, 2.75) is 39.1 Å². The molecule has 4 rings (SSSR count). The standard InChI is InChI=1S/C25H23F5O3/c1-2-14-12-31-24(32-13-14)18-7-8-19-17(11-18)6-5-16(22(19)28)4-3-15-9-20(26)23(21(27)10-15)33-25(29)30/h5-11,14,24-25H,2-4,12-13H2,1H3. The zero-order valence-electron chi connectivity index (χ0n) is 17.9. The SMILES string of the molecule is CCC1COC(c2ccc3c(F)c(CCc4cc(F)c(OC(F)F)c(F)c4)ccc3c2)OC1. The number of halogens is 5. The van der Waals surface area contributed by atoms with Crippen molar-refractivity contribution >= 4 is 10.8 Å². The van der Waals surface area contributed by atoms with E-state index in [1.165, 1.54) is 0 Å². The molecule has 0 saturated carbocycles. The molecule has 1 aliphatic rings. The van der Waals surface area contributed by atoms with E-state index in [4.69, 9.17) is 9.47 Å². The van der Waals surface area contributed by atoms with Crippen LogP contribution >= 0.6 is 0 Å². The Morgan fingerprint density at radius 2 is 1.64 bits per heavy atom. The topological polar surface area (TPSA) is 27.7 Å². The van der Waals surface area contributed by atoms with Crippen LogP contribution in [0.5, 0.6) is 5.75 Å². The molecule has 1 fully saturated rings. The molecule has 176 valence electrons. The average Bonchev–Trinajstić information content (AvgIpc) is 2.81. The lowest BCUT2D eigenvalue weighted by atomic mass is 9.98. The Labute approximate surface area is 188 Å². The largest absolute Gasteiger partial charge is 0.429 e. The third kappa shape index (κ3) is 5.28. The first-order chi connectivity index (χ1) is 15.9. The Bertz CT molecular complexity index is 1100. The van der Waals surface area contributed by atoms with E-state index >= 15 is 4.39 Å². The maximum atomic E-state index is 15.1. The van der Waals surface area contributed by atoms with Crippen molar-refractivity contribution < 1.29 is 36.2 Å². The van der Waals surface area contributed by atoms with Gasteiger partial charge in [-0.15, -0.1) is 0 Å². The van der Waals surface area contributed by atoms with E-state index in [9.17, 15) is 17.6 Å². The first-order valence-corrected chi connectivity index (χ1v) is 10.7. The maximum absolute atomic E-state index is 15.1. The summed E-state index contributed by atoms with van der Waals surface area (Å²) in [6.07, 6.45) is 0.781. The Kier molecular flexibility index (Phi) is 7.14. The molecular weight excluding hydrogens is 443 g/mol. The molecule has 3 aromatic carbocycles. The van der Waals surface area contributed by atoms with E-state index in [2.05, 4.69) is 11.7 Å². The van der Waals surface area contributed by atoms with Crippen molar-refractivity contribution in [1.82, 2.24) is 0 Å². The summed E-state index contributed by atoms with van der Waals surface area (Å²) < 4.78 is 82.9. The molecule has 33 heavy (non-hydrogen) atoms. The van der Waals surface area contributed by atoms with Crippen molar-refractivity contribution in [3.63, 3.8) is 0 Å². The highest BCUT2D eigenvalue weighted by molar-refractivity contribution is 5.84. The second-order valence-corrected chi connectivity index (χ2v) is 8.06. The first kappa shape index (κ1) is 23.4. The fourth-order valence-corrected chi connectivity index (χ4v) is 3.90. The van der Waals surface area contributed by atoms with Gasteiger partial charge in [-0.25, -0.2) is 13.2 Å². The van der Waals surface area contributed by atoms with Gasteiger partial charge in [0.15, 0.2) is 23.7 Å². The molecule has 0 atom stereocenters. The molecule has 0 radical (unpaired) electrons. The first-order valence-electron chi connectivity index (χ1n) is 10.7. The fraction of sp³-hybridized carbons (Fsp3) is 0.360. The van der Waals surface area contributed by atoms with Crippen LogP contribution in [0, 0.1) is 23.4 Å². The van der Waals surface area contributed by atoms with E-state index in [-0.39, 0.29) is 18.4 Å². The Morgan fingerprint density at radius 3 is 2.27 bits per heavy atom. The maximum Gasteiger partial charge on any atom is 0.387 e. The molecule has 0 aliphatic carbocycles. The van der Waals surface area contributed by atoms with Crippen molar-refractivity contribution in [2.75, 3.05) is 13.2 Å². The second-order valence-electron chi connectivity index (χ2n) is 8.06.